The molecule has 0 spiro atoms. The summed E-state index contributed by atoms with van der Waals surface area (Å²) < 4.78 is 15.5. The van der Waals surface area contributed by atoms with Crippen molar-refractivity contribution in [2.75, 3.05) is 6.79 Å². The van der Waals surface area contributed by atoms with Crippen LogP contribution in [0.2, 0.25) is 0 Å². The van der Waals surface area contributed by atoms with Gasteiger partial charge in [0.1, 0.15) is 0 Å². The Bertz CT molecular complexity index is 694. The Hall–Kier alpha value is -2.96. The highest BCUT2D eigenvalue weighted by Crippen LogP contribution is 2.34. The van der Waals surface area contributed by atoms with Crippen molar-refractivity contribution >= 4 is 11.9 Å². The van der Waals surface area contributed by atoms with Gasteiger partial charge in [0.05, 0.1) is 18.7 Å². The van der Waals surface area contributed by atoms with Crippen molar-refractivity contribution < 1.29 is 28.6 Å². The van der Waals surface area contributed by atoms with E-state index in [4.69, 9.17) is 19.0 Å². The molecule has 2 aromatic rings. The van der Waals surface area contributed by atoms with Crippen LogP contribution in [0.15, 0.2) is 41.0 Å². The highest BCUT2D eigenvalue weighted by atomic mass is 16.7. The summed E-state index contributed by atoms with van der Waals surface area (Å²) in [5, 5.41) is 11.7. The molecule has 0 saturated heterocycles. The molecule has 1 atom stereocenters. The summed E-state index contributed by atoms with van der Waals surface area (Å²) in [6.07, 6.45) is 1.12. The topological polar surface area (TPSA) is 98.0 Å². The van der Waals surface area contributed by atoms with E-state index >= 15 is 0 Å². The summed E-state index contributed by atoms with van der Waals surface area (Å²) in [6.45, 7) is 0.126. The lowest BCUT2D eigenvalue weighted by atomic mass is 10.0. The zero-order valence-electron chi connectivity index (χ0n) is 11.4. The van der Waals surface area contributed by atoms with Crippen LogP contribution in [0.25, 0.3) is 0 Å². The molecule has 1 aliphatic rings. The number of carbonyl (C=O) groups excluding carboxylic acids is 1. The number of carboxylic acid groups (broad SMARTS) is 1. The Morgan fingerprint density at radius 1 is 1.23 bits per heavy atom. The Morgan fingerprint density at radius 3 is 2.77 bits per heavy atom. The monoisotopic (exact) mass is 303 g/mol. The fraction of sp³-hybridized carbons (Fsp3) is 0.200. The van der Waals surface area contributed by atoms with Crippen molar-refractivity contribution in [3.8, 4) is 11.5 Å². The standard InChI is InChI=1S/C15H13NO6/c17-14(18)7-10(16-15(19)12-2-1-5-20-12)9-3-4-11-13(6-9)22-8-21-11/h1-6,10H,7-8H2,(H,16,19)(H,17,18). The average Bonchev–Trinajstić information content (AvgIpc) is 3.16. The lowest BCUT2D eigenvalue weighted by Crippen LogP contribution is -2.29. The minimum atomic E-state index is -1.03. The molecular formula is C15H13NO6. The van der Waals surface area contributed by atoms with Crippen LogP contribution in [0.1, 0.15) is 28.6 Å². The van der Waals surface area contributed by atoms with Crippen LogP contribution >= 0.6 is 0 Å². The third-order valence-corrected chi connectivity index (χ3v) is 3.23. The van der Waals surface area contributed by atoms with Gasteiger partial charge in [-0.1, -0.05) is 6.07 Å². The minimum Gasteiger partial charge on any atom is -0.481 e. The van der Waals surface area contributed by atoms with Crippen molar-refractivity contribution in [1.29, 1.82) is 0 Å². The summed E-state index contributed by atoms with van der Waals surface area (Å²) in [5.74, 6) is -0.261. The predicted molar refractivity (Wildman–Crippen MR) is 73.7 cm³/mol. The molecule has 7 heteroatoms. The van der Waals surface area contributed by atoms with Crippen molar-refractivity contribution in [3.05, 3.63) is 47.9 Å². The third-order valence-electron chi connectivity index (χ3n) is 3.23. The number of rotatable bonds is 5. The summed E-state index contributed by atoms with van der Waals surface area (Å²) in [5.41, 5.74) is 0.617. The summed E-state index contributed by atoms with van der Waals surface area (Å²) in [6, 6.07) is 7.44. The molecule has 2 heterocycles. The van der Waals surface area contributed by atoms with E-state index in [1.807, 2.05) is 0 Å². The van der Waals surface area contributed by atoms with Gasteiger partial charge >= 0.3 is 5.97 Å². The van der Waals surface area contributed by atoms with E-state index in [9.17, 15) is 9.59 Å². The molecule has 2 N–H and O–H groups in total. The highest BCUT2D eigenvalue weighted by Gasteiger charge is 2.23. The first-order valence-electron chi connectivity index (χ1n) is 6.59. The molecule has 0 aliphatic carbocycles. The maximum atomic E-state index is 12.1. The summed E-state index contributed by atoms with van der Waals surface area (Å²) in [7, 11) is 0. The highest BCUT2D eigenvalue weighted by molar-refractivity contribution is 5.92. The fourth-order valence-corrected chi connectivity index (χ4v) is 2.19. The molecule has 0 radical (unpaired) electrons. The Labute approximate surface area is 125 Å². The van der Waals surface area contributed by atoms with Gasteiger partial charge in [0.15, 0.2) is 17.3 Å². The fourth-order valence-electron chi connectivity index (χ4n) is 2.19. The number of aliphatic carboxylic acids is 1. The molecule has 114 valence electrons. The zero-order valence-corrected chi connectivity index (χ0v) is 11.4. The van der Waals surface area contributed by atoms with E-state index in [0.29, 0.717) is 17.1 Å². The number of benzene rings is 1. The van der Waals surface area contributed by atoms with Gasteiger partial charge in [-0.15, -0.1) is 0 Å². The van der Waals surface area contributed by atoms with E-state index in [0.717, 1.165) is 0 Å². The molecule has 0 fully saturated rings. The van der Waals surface area contributed by atoms with Gasteiger partial charge in [0.2, 0.25) is 6.79 Å². The number of carbonyl (C=O) groups is 2. The van der Waals surface area contributed by atoms with E-state index in [1.54, 1.807) is 24.3 Å². The van der Waals surface area contributed by atoms with Crippen molar-refractivity contribution in [3.63, 3.8) is 0 Å². The molecule has 1 aromatic heterocycles. The van der Waals surface area contributed by atoms with Gasteiger partial charge in [0, 0.05) is 0 Å². The number of furan rings is 1. The molecule has 22 heavy (non-hydrogen) atoms. The van der Waals surface area contributed by atoms with Gasteiger partial charge < -0.3 is 24.3 Å². The molecule has 1 aromatic carbocycles. The van der Waals surface area contributed by atoms with Crippen molar-refractivity contribution in [1.82, 2.24) is 5.32 Å². The zero-order chi connectivity index (χ0) is 15.5. The van der Waals surface area contributed by atoms with Crippen LogP contribution in [0, 0.1) is 0 Å². The van der Waals surface area contributed by atoms with E-state index in [1.165, 1.54) is 12.3 Å². The second-order valence-corrected chi connectivity index (χ2v) is 4.71. The third kappa shape index (κ3) is 2.88. The van der Waals surface area contributed by atoms with Crippen LogP contribution in [0.5, 0.6) is 11.5 Å². The molecule has 3 rings (SSSR count). The normalized spacial score (nSPS) is 13.6. The second-order valence-electron chi connectivity index (χ2n) is 4.71. The maximum Gasteiger partial charge on any atom is 0.305 e. The first-order chi connectivity index (χ1) is 10.6. The lowest BCUT2D eigenvalue weighted by Gasteiger charge is -2.17. The molecular weight excluding hydrogens is 290 g/mol. The number of nitrogens with one attached hydrogen (secondary N) is 1. The predicted octanol–water partition coefficient (Wildman–Crippen LogP) is 1.95. The van der Waals surface area contributed by atoms with Gasteiger partial charge in [-0.25, -0.2) is 0 Å². The lowest BCUT2D eigenvalue weighted by molar-refractivity contribution is -0.137. The molecule has 0 bridgehead atoms. The molecule has 0 saturated carbocycles. The largest absolute Gasteiger partial charge is 0.481 e. The number of hydrogen-bond donors (Lipinski definition) is 2. The van der Waals surface area contributed by atoms with E-state index in [2.05, 4.69) is 5.32 Å². The van der Waals surface area contributed by atoms with Gasteiger partial charge in [-0.05, 0) is 29.8 Å². The maximum absolute atomic E-state index is 12.1. The smallest absolute Gasteiger partial charge is 0.305 e. The van der Waals surface area contributed by atoms with Gasteiger partial charge in [0.25, 0.3) is 5.91 Å². The van der Waals surface area contributed by atoms with E-state index < -0.39 is 17.9 Å². The molecule has 1 amide bonds. The summed E-state index contributed by atoms with van der Waals surface area (Å²) >= 11 is 0. The Balaban J connectivity index is 1.83. The second kappa shape index (κ2) is 5.80. The first kappa shape index (κ1) is 14.0. The minimum absolute atomic E-state index is 0.121. The van der Waals surface area contributed by atoms with Crippen molar-refractivity contribution in [2.24, 2.45) is 0 Å². The number of hydrogen-bond acceptors (Lipinski definition) is 5. The van der Waals surface area contributed by atoms with Gasteiger partial charge in [-0.2, -0.15) is 0 Å². The number of amides is 1. The number of carboxylic acids is 1. The van der Waals surface area contributed by atoms with E-state index in [-0.39, 0.29) is 19.0 Å². The number of ether oxygens (including phenoxy) is 2. The quantitative estimate of drug-likeness (QED) is 0.876. The van der Waals surface area contributed by atoms with Gasteiger partial charge in [-0.3, -0.25) is 9.59 Å². The average molecular weight is 303 g/mol. The van der Waals surface area contributed by atoms with Crippen LogP contribution in [0.4, 0.5) is 0 Å². The first-order valence-corrected chi connectivity index (χ1v) is 6.59. The number of fused-ring (bicyclic) bond motifs is 1. The molecule has 1 unspecified atom stereocenters. The molecule has 1 aliphatic heterocycles. The SMILES string of the molecule is O=C(O)CC(NC(=O)c1ccco1)c1ccc2c(c1)OCO2. The van der Waals surface area contributed by atoms with Crippen LogP contribution in [-0.2, 0) is 4.79 Å². The summed E-state index contributed by atoms with van der Waals surface area (Å²) in [4.78, 5) is 23.1. The Morgan fingerprint density at radius 2 is 2.05 bits per heavy atom. The van der Waals surface area contributed by atoms with Crippen LogP contribution < -0.4 is 14.8 Å². The Kier molecular flexibility index (Phi) is 3.69. The van der Waals surface area contributed by atoms with Crippen LogP contribution in [0.3, 0.4) is 0 Å². The van der Waals surface area contributed by atoms with Crippen LogP contribution in [-0.4, -0.2) is 23.8 Å². The molecule has 7 nitrogen and oxygen atoms in total. The van der Waals surface area contributed by atoms with Crippen molar-refractivity contribution in [2.45, 2.75) is 12.5 Å².